The van der Waals surface area contributed by atoms with Gasteiger partial charge < -0.3 is 9.84 Å². The van der Waals surface area contributed by atoms with Gasteiger partial charge in [-0.3, -0.25) is 0 Å². The molecule has 0 aliphatic heterocycles. The second kappa shape index (κ2) is 5.02. The second-order valence-corrected chi connectivity index (χ2v) is 4.09. The van der Waals surface area contributed by atoms with Gasteiger partial charge in [0.15, 0.2) is 0 Å². The van der Waals surface area contributed by atoms with Crippen LogP contribution in [0.25, 0.3) is 0 Å². The van der Waals surface area contributed by atoms with E-state index in [9.17, 15) is 5.11 Å². The van der Waals surface area contributed by atoms with E-state index in [0.717, 1.165) is 16.9 Å². The summed E-state index contributed by atoms with van der Waals surface area (Å²) in [6.45, 7) is 2.03. The summed E-state index contributed by atoms with van der Waals surface area (Å²) in [6.07, 6.45) is -0.582. The molecule has 0 amide bonds. The number of aliphatic hydroxyl groups excluding tert-OH is 1. The lowest BCUT2D eigenvalue weighted by Crippen LogP contribution is -1.99. The largest absolute Gasteiger partial charge is 0.497 e. The Labute approximate surface area is 101 Å². The van der Waals surface area contributed by atoms with Crippen LogP contribution in [0.1, 0.15) is 22.8 Å². The highest BCUT2D eigenvalue weighted by atomic mass is 16.5. The van der Waals surface area contributed by atoms with Crippen LogP contribution in [-0.2, 0) is 0 Å². The topological polar surface area (TPSA) is 29.5 Å². The Hall–Kier alpha value is -1.80. The SMILES string of the molecule is COc1ccc([C@H](O)c2ccc(C)cc2)cc1. The van der Waals surface area contributed by atoms with Gasteiger partial charge in [-0.1, -0.05) is 42.0 Å². The number of benzene rings is 2. The molecule has 0 aromatic heterocycles. The second-order valence-electron chi connectivity index (χ2n) is 4.09. The first kappa shape index (κ1) is 11.7. The van der Waals surface area contributed by atoms with Crippen LogP contribution in [0.15, 0.2) is 48.5 Å². The van der Waals surface area contributed by atoms with Crippen LogP contribution in [-0.4, -0.2) is 12.2 Å². The van der Waals surface area contributed by atoms with Gasteiger partial charge in [0.25, 0.3) is 0 Å². The number of ether oxygens (including phenoxy) is 1. The molecule has 1 atom stereocenters. The van der Waals surface area contributed by atoms with Gasteiger partial charge in [-0.25, -0.2) is 0 Å². The summed E-state index contributed by atoms with van der Waals surface area (Å²) >= 11 is 0. The molecule has 2 rings (SSSR count). The number of methoxy groups -OCH3 is 1. The van der Waals surface area contributed by atoms with Crippen molar-refractivity contribution in [1.29, 1.82) is 0 Å². The summed E-state index contributed by atoms with van der Waals surface area (Å²) < 4.78 is 5.09. The van der Waals surface area contributed by atoms with Crippen LogP contribution >= 0.6 is 0 Å². The highest BCUT2D eigenvalue weighted by Crippen LogP contribution is 2.23. The lowest BCUT2D eigenvalue weighted by Gasteiger charge is -2.12. The summed E-state index contributed by atoms with van der Waals surface area (Å²) in [5, 5.41) is 10.2. The molecule has 2 aromatic carbocycles. The zero-order valence-electron chi connectivity index (χ0n) is 10.1. The van der Waals surface area contributed by atoms with Crippen molar-refractivity contribution in [3.63, 3.8) is 0 Å². The maximum atomic E-state index is 10.2. The molecule has 1 N–H and O–H groups in total. The Morgan fingerprint density at radius 1 is 0.882 bits per heavy atom. The van der Waals surface area contributed by atoms with E-state index in [1.165, 1.54) is 5.56 Å². The van der Waals surface area contributed by atoms with E-state index < -0.39 is 6.10 Å². The lowest BCUT2D eigenvalue weighted by molar-refractivity contribution is 0.220. The third-order valence-electron chi connectivity index (χ3n) is 2.82. The van der Waals surface area contributed by atoms with E-state index in [2.05, 4.69) is 0 Å². The number of aliphatic hydroxyl groups is 1. The van der Waals surface area contributed by atoms with Gasteiger partial charge in [-0.2, -0.15) is 0 Å². The van der Waals surface area contributed by atoms with Crippen LogP contribution in [0.2, 0.25) is 0 Å². The van der Waals surface area contributed by atoms with Gasteiger partial charge in [0.1, 0.15) is 11.9 Å². The number of rotatable bonds is 3. The van der Waals surface area contributed by atoms with Gasteiger partial charge >= 0.3 is 0 Å². The average molecular weight is 228 g/mol. The van der Waals surface area contributed by atoms with Crippen molar-refractivity contribution in [1.82, 2.24) is 0 Å². The Balaban J connectivity index is 2.23. The molecule has 2 heteroatoms. The maximum Gasteiger partial charge on any atom is 0.118 e. The molecule has 0 aliphatic rings. The molecule has 2 aromatic rings. The zero-order valence-corrected chi connectivity index (χ0v) is 10.1. The van der Waals surface area contributed by atoms with Crippen molar-refractivity contribution in [2.45, 2.75) is 13.0 Å². The summed E-state index contributed by atoms with van der Waals surface area (Å²) in [7, 11) is 1.63. The summed E-state index contributed by atoms with van der Waals surface area (Å²) in [5.41, 5.74) is 2.96. The van der Waals surface area contributed by atoms with Crippen molar-refractivity contribution in [2.75, 3.05) is 7.11 Å². The molecule has 0 aliphatic carbocycles. The molecule has 0 saturated carbocycles. The fourth-order valence-corrected chi connectivity index (χ4v) is 1.73. The Bertz CT molecular complexity index is 471. The molecule has 2 nitrogen and oxygen atoms in total. The first-order chi connectivity index (χ1) is 8.20. The summed E-state index contributed by atoms with van der Waals surface area (Å²) in [5.74, 6) is 0.796. The number of hydrogen-bond acceptors (Lipinski definition) is 2. The lowest BCUT2D eigenvalue weighted by atomic mass is 10.0. The molecule has 0 spiro atoms. The summed E-state index contributed by atoms with van der Waals surface area (Å²) in [4.78, 5) is 0. The zero-order chi connectivity index (χ0) is 12.3. The van der Waals surface area contributed by atoms with Gasteiger partial charge in [0.2, 0.25) is 0 Å². The van der Waals surface area contributed by atoms with Crippen LogP contribution in [0.5, 0.6) is 5.75 Å². The molecular formula is C15H16O2. The van der Waals surface area contributed by atoms with Crippen LogP contribution in [0.3, 0.4) is 0 Å². The van der Waals surface area contributed by atoms with Crippen molar-refractivity contribution in [2.24, 2.45) is 0 Å². The average Bonchev–Trinajstić information content (AvgIpc) is 2.39. The van der Waals surface area contributed by atoms with E-state index in [0.29, 0.717) is 0 Å². The van der Waals surface area contributed by atoms with E-state index in [-0.39, 0.29) is 0 Å². The van der Waals surface area contributed by atoms with Gasteiger partial charge in [0, 0.05) is 0 Å². The molecule has 0 bridgehead atoms. The molecule has 0 heterocycles. The third-order valence-corrected chi connectivity index (χ3v) is 2.82. The molecule has 0 fully saturated rings. The molecule has 0 radical (unpaired) electrons. The maximum absolute atomic E-state index is 10.2. The van der Waals surface area contributed by atoms with E-state index in [1.807, 2.05) is 55.5 Å². The van der Waals surface area contributed by atoms with Crippen molar-refractivity contribution < 1.29 is 9.84 Å². The Morgan fingerprint density at radius 3 is 1.82 bits per heavy atom. The highest BCUT2D eigenvalue weighted by Gasteiger charge is 2.09. The third kappa shape index (κ3) is 2.66. The Kier molecular flexibility index (Phi) is 3.45. The van der Waals surface area contributed by atoms with E-state index >= 15 is 0 Å². The predicted molar refractivity (Wildman–Crippen MR) is 68.2 cm³/mol. The first-order valence-electron chi connectivity index (χ1n) is 5.59. The smallest absolute Gasteiger partial charge is 0.118 e. The van der Waals surface area contributed by atoms with E-state index in [4.69, 9.17) is 4.74 Å². The minimum Gasteiger partial charge on any atom is -0.497 e. The quantitative estimate of drug-likeness (QED) is 0.874. The number of aryl methyl sites for hydroxylation is 1. The molecule has 88 valence electrons. The fourth-order valence-electron chi connectivity index (χ4n) is 1.73. The van der Waals surface area contributed by atoms with Crippen LogP contribution in [0.4, 0.5) is 0 Å². The van der Waals surface area contributed by atoms with Gasteiger partial charge in [0.05, 0.1) is 7.11 Å². The number of hydrogen-bond donors (Lipinski definition) is 1. The van der Waals surface area contributed by atoms with Gasteiger partial charge in [-0.05, 0) is 30.2 Å². The standard InChI is InChI=1S/C15H16O2/c1-11-3-5-12(6-4-11)15(16)13-7-9-14(17-2)10-8-13/h3-10,15-16H,1-2H3/t15-/m1/s1. The summed E-state index contributed by atoms with van der Waals surface area (Å²) in [6, 6.07) is 15.4. The predicted octanol–water partition coefficient (Wildman–Crippen LogP) is 3.09. The first-order valence-corrected chi connectivity index (χ1v) is 5.59. The fraction of sp³-hybridized carbons (Fsp3) is 0.200. The van der Waals surface area contributed by atoms with E-state index in [1.54, 1.807) is 7.11 Å². The van der Waals surface area contributed by atoms with Crippen molar-refractivity contribution in [3.8, 4) is 5.75 Å². The minimum absolute atomic E-state index is 0.582. The van der Waals surface area contributed by atoms with Crippen LogP contribution < -0.4 is 4.74 Å². The monoisotopic (exact) mass is 228 g/mol. The van der Waals surface area contributed by atoms with Crippen molar-refractivity contribution >= 4 is 0 Å². The Morgan fingerprint density at radius 2 is 1.35 bits per heavy atom. The molecule has 17 heavy (non-hydrogen) atoms. The molecule has 0 unspecified atom stereocenters. The normalized spacial score (nSPS) is 12.2. The highest BCUT2D eigenvalue weighted by molar-refractivity contribution is 5.34. The van der Waals surface area contributed by atoms with Gasteiger partial charge in [-0.15, -0.1) is 0 Å². The van der Waals surface area contributed by atoms with Crippen LogP contribution in [0, 0.1) is 6.92 Å². The van der Waals surface area contributed by atoms with Crippen molar-refractivity contribution in [3.05, 3.63) is 65.2 Å². The minimum atomic E-state index is -0.582. The molecule has 0 saturated heterocycles. The molecular weight excluding hydrogens is 212 g/mol.